The second kappa shape index (κ2) is 7.08. The number of carbonyl (C=O) groups excluding carboxylic acids is 2. The lowest BCUT2D eigenvalue weighted by Gasteiger charge is -2.38. The summed E-state index contributed by atoms with van der Waals surface area (Å²) in [6.45, 7) is 0. The van der Waals surface area contributed by atoms with Crippen LogP contribution in [0.25, 0.3) is 0 Å². The number of carbonyl (C=O) groups is 2. The molecule has 124 valence electrons. The van der Waals surface area contributed by atoms with E-state index in [1.54, 1.807) is 24.3 Å². The van der Waals surface area contributed by atoms with Gasteiger partial charge in [0.1, 0.15) is 0 Å². The number of benzene rings is 2. The van der Waals surface area contributed by atoms with Gasteiger partial charge in [0.25, 0.3) is 10.5 Å². The zero-order valence-electron chi connectivity index (χ0n) is 13.2. The van der Waals surface area contributed by atoms with Gasteiger partial charge in [-0.25, -0.2) is 0 Å². The Labute approximate surface area is 151 Å². The van der Waals surface area contributed by atoms with E-state index in [2.05, 4.69) is 0 Å². The first-order chi connectivity index (χ1) is 11.5. The number of rotatable bonds is 4. The molecule has 0 spiro atoms. The van der Waals surface area contributed by atoms with E-state index in [0.717, 1.165) is 25.7 Å². The summed E-state index contributed by atoms with van der Waals surface area (Å²) in [5, 5.41) is -0.881. The highest BCUT2D eigenvalue weighted by Gasteiger charge is 2.35. The predicted octanol–water partition coefficient (Wildman–Crippen LogP) is 5.69. The molecule has 2 aromatic carbocycles. The van der Waals surface area contributed by atoms with Crippen LogP contribution >= 0.6 is 23.2 Å². The van der Waals surface area contributed by atoms with Crippen molar-refractivity contribution in [2.45, 2.75) is 37.5 Å². The number of hydrogen-bond donors (Lipinski definition) is 0. The van der Waals surface area contributed by atoms with Gasteiger partial charge in [-0.05, 0) is 71.4 Å². The molecular weight excluding hydrogens is 343 g/mol. The minimum absolute atomic E-state index is 0.0833. The molecule has 0 heterocycles. The summed E-state index contributed by atoms with van der Waals surface area (Å²) in [7, 11) is 0. The first-order valence-electron chi connectivity index (χ1n) is 8.14. The summed E-state index contributed by atoms with van der Waals surface area (Å²) in [5.74, 6) is 0. The molecule has 2 aromatic rings. The van der Waals surface area contributed by atoms with E-state index >= 15 is 0 Å². The molecule has 1 aliphatic carbocycles. The molecule has 0 aromatic heterocycles. The Balaban J connectivity index is 2.04. The smallest absolute Gasteiger partial charge is 0.252 e. The largest absolute Gasteiger partial charge is 0.276 e. The fraction of sp³-hybridized carbons (Fsp3) is 0.300. The zero-order chi connectivity index (χ0) is 17.2. The van der Waals surface area contributed by atoms with Gasteiger partial charge < -0.3 is 0 Å². The maximum atomic E-state index is 11.3. The monoisotopic (exact) mass is 360 g/mol. The maximum Gasteiger partial charge on any atom is 0.252 e. The highest BCUT2D eigenvalue weighted by atomic mass is 35.5. The molecule has 4 heteroatoms. The second-order valence-electron chi connectivity index (χ2n) is 6.34. The minimum Gasteiger partial charge on any atom is -0.276 e. The predicted molar refractivity (Wildman–Crippen MR) is 97.1 cm³/mol. The molecule has 0 bridgehead atoms. The van der Waals surface area contributed by atoms with Crippen LogP contribution in [0.3, 0.4) is 0 Å². The molecule has 0 amide bonds. The average molecular weight is 361 g/mol. The first-order valence-corrected chi connectivity index (χ1v) is 8.89. The van der Waals surface area contributed by atoms with Crippen molar-refractivity contribution in [2.75, 3.05) is 0 Å². The van der Waals surface area contributed by atoms with Gasteiger partial charge in [0.2, 0.25) is 0 Å². The van der Waals surface area contributed by atoms with Gasteiger partial charge in [-0.1, -0.05) is 43.5 Å². The molecule has 0 N–H and O–H groups in total. The van der Waals surface area contributed by atoms with Crippen molar-refractivity contribution in [2.24, 2.45) is 0 Å². The van der Waals surface area contributed by atoms with Gasteiger partial charge in [-0.3, -0.25) is 9.59 Å². The standard InChI is InChI=1S/C20H18Cl2O2/c21-18(23)14-4-8-16(9-5-14)20(12-2-1-3-13-20)17-10-6-15(7-11-17)19(22)24/h4-11H,1-3,12-13H2. The van der Waals surface area contributed by atoms with Crippen LogP contribution in [-0.2, 0) is 5.41 Å². The Morgan fingerprint density at radius 2 is 1.04 bits per heavy atom. The lowest BCUT2D eigenvalue weighted by Crippen LogP contribution is -2.30. The van der Waals surface area contributed by atoms with E-state index in [0.29, 0.717) is 11.1 Å². The van der Waals surface area contributed by atoms with Gasteiger partial charge in [-0.15, -0.1) is 0 Å². The summed E-state index contributed by atoms with van der Waals surface area (Å²) < 4.78 is 0. The SMILES string of the molecule is O=C(Cl)c1ccc(C2(c3ccc(C(=O)Cl)cc3)CCCCC2)cc1. The van der Waals surface area contributed by atoms with Crippen LogP contribution in [0.5, 0.6) is 0 Å². The van der Waals surface area contributed by atoms with E-state index in [1.807, 2.05) is 24.3 Å². The van der Waals surface area contributed by atoms with Gasteiger partial charge in [0.15, 0.2) is 0 Å². The van der Waals surface area contributed by atoms with Crippen LogP contribution in [0.1, 0.15) is 63.9 Å². The van der Waals surface area contributed by atoms with E-state index in [1.165, 1.54) is 17.5 Å². The highest BCUT2D eigenvalue weighted by molar-refractivity contribution is 6.68. The molecule has 0 aliphatic heterocycles. The van der Waals surface area contributed by atoms with Crippen molar-refractivity contribution >= 4 is 33.7 Å². The molecule has 0 saturated heterocycles. The Morgan fingerprint density at radius 3 is 1.38 bits per heavy atom. The summed E-state index contributed by atoms with van der Waals surface area (Å²) in [4.78, 5) is 22.6. The Morgan fingerprint density at radius 1 is 0.667 bits per heavy atom. The van der Waals surface area contributed by atoms with Gasteiger partial charge in [0, 0.05) is 16.5 Å². The fourth-order valence-electron chi connectivity index (χ4n) is 3.74. The normalized spacial score (nSPS) is 16.6. The molecule has 0 radical (unpaired) electrons. The molecule has 1 saturated carbocycles. The summed E-state index contributed by atoms with van der Waals surface area (Å²) in [6.07, 6.45) is 5.65. The van der Waals surface area contributed by atoms with Crippen molar-refractivity contribution in [1.29, 1.82) is 0 Å². The Hall–Kier alpha value is -1.64. The topological polar surface area (TPSA) is 34.1 Å². The van der Waals surface area contributed by atoms with Crippen molar-refractivity contribution in [3.63, 3.8) is 0 Å². The minimum atomic E-state index is -0.441. The van der Waals surface area contributed by atoms with Crippen LogP contribution in [0.2, 0.25) is 0 Å². The Bertz CT molecular complexity index is 683. The third-order valence-electron chi connectivity index (χ3n) is 5.04. The van der Waals surface area contributed by atoms with E-state index < -0.39 is 10.5 Å². The van der Waals surface area contributed by atoms with Crippen LogP contribution in [0, 0.1) is 0 Å². The molecular formula is C20H18Cl2O2. The molecule has 2 nitrogen and oxygen atoms in total. The Kier molecular flexibility index (Phi) is 5.07. The van der Waals surface area contributed by atoms with Crippen molar-refractivity contribution < 1.29 is 9.59 Å². The number of hydrogen-bond acceptors (Lipinski definition) is 2. The second-order valence-corrected chi connectivity index (χ2v) is 7.03. The lowest BCUT2D eigenvalue weighted by molar-refractivity contribution is 0.107. The molecule has 1 fully saturated rings. The van der Waals surface area contributed by atoms with E-state index in [9.17, 15) is 9.59 Å². The van der Waals surface area contributed by atoms with Crippen LogP contribution in [-0.4, -0.2) is 10.5 Å². The first kappa shape index (κ1) is 17.2. The molecule has 1 aliphatic rings. The van der Waals surface area contributed by atoms with Crippen molar-refractivity contribution in [3.05, 3.63) is 70.8 Å². The van der Waals surface area contributed by atoms with Crippen molar-refractivity contribution in [1.82, 2.24) is 0 Å². The van der Waals surface area contributed by atoms with Crippen LogP contribution in [0.4, 0.5) is 0 Å². The van der Waals surface area contributed by atoms with E-state index in [-0.39, 0.29) is 5.41 Å². The van der Waals surface area contributed by atoms with Crippen LogP contribution in [0.15, 0.2) is 48.5 Å². The molecule has 3 rings (SSSR count). The van der Waals surface area contributed by atoms with Gasteiger partial charge in [-0.2, -0.15) is 0 Å². The summed E-state index contributed by atoms with van der Waals surface area (Å²) >= 11 is 11.1. The van der Waals surface area contributed by atoms with E-state index in [4.69, 9.17) is 23.2 Å². The highest BCUT2D eigenvalue weighted by Crippen LogP contribution is 2.45. The maximum absolute atomic E-state index is 11.3. The third-order valence-corrected chi connectivity index (χ3v) is 5.47. The van der Waals surface area contributed by atoms with Crippen molar-refractivity contribution in [3.8, 4) is 0 Å². The molecule has 24 heavy (non-hydrogen) atoms. The van der Waals surface area contributed by atoms with Crippen LogP contribution < -0.4 is 0 Å². The number of halogens is 2. The quantitative estimate of drug-likeness (QED) is 0.655. The third kappa shape index (κ3) is 3.26. The zero-order valence-corrected chi connectivity index (χ0v) is 14.7. The molecule has 0 unspecified atom stereocenters. The summed E-state index contributed by atoms with van der Waals surface area (Å²) in [6, 6.07) is 15.2. The van der Waals surface area contributed by atoms with Gasteiger partial charge in [0.05, 0.1) is 0 Å². The molecule has 0 atom stereocenters. The average Bonchev–Trinajstić information content (AvgIpc) is 2.62. The van der Waals surface area contributed by atoms with Gasteiger partial charge >= 0.3 is 0 Å². The summed E-state index contributed by atoms with van der Waals surface area (Å²) in [5.41, 5.74) is 3.31. The fourth-order valence-corrected chi connectivity index (χ4v) is 3.99. The lowest BCUT2D eigenvalue weighted by atomic mass is 9.65.